The maximum atomic E-state index is 8.85. The van der Waals surface area contributed by atoms with Gasteiger partial charge in [0.05, 0.1) is 22.8 Å². The lowest BCUT2D eigenvalue weighted by atomic mass is 9.53. The van der Waals surface area contributed by atoms with Gasteiger partial charge >= 0.3 is 0 Å². The maximum absolute atomic E-state index is 8.85. The van der Waals surface area contributed by atoms with Gasteiger partial charge in [0, 0.05) is 18.5 Å². The number of benzene rings is 1. The Morgan fingerprint density at radius 3 is 2.74 bits per heavy atom. The van der Waals surface area contributed by atoms with Crippen LogP contribution in [0.5, 0.6) is 0 Å². The Bertz CT molecular complexity index is 654. The average molecular weight is 251 g/mol. The van der Waals surface area contributed by atoms with Crippen molar-refractivity contribution < 1.29 is 0 Å². The Labute approximate surface area is 113 Å². The largest absolute Gasteiger partial charge is 0.253 e. The van der Waals surface area contributed by atoms with Crippen LogP contribution < -0.4 is 0 Å². The van der Waals surface area contributed by atoms with Gasteiger partial charge in [-0.15, -0.1) is 0 Å². The predicted octanol–water partition coefficient (Wildman–Crippen LogP) is 3.67. The Balaban J connectivity index is 1.92. The predicted molar refractivity (Wildman–Crippen MR) is 74.4 cm³/mol. The van der Waals surface area contributed by atoms with Gasteiger partial charge in [0.2, 0.25) is 0 Å². The molecule has 0 saturated heterocycles. The van der Waals surface area contributed by atoms with E-state index in [1.165, 1.54) is 0 Å². The van der Waals surface area contributed by atoms with Crippen LogP contribution in [0.3, 0.4) is 0 Å². The minimum Gasteiger partial charge on any atom is -0.253 e. The van der Waals surface area contributed by atoms with E-state index in [2.05, 4.69) is 24.9 Å². The second-order valence-electron chi connectivity index (χ2n) is 5.95. The summed E-state index contributed by atoms with van der Waals surface area (Å²) in [6.07, 6.45) is 3.59. The molecule has 1 aromatic heterocycles. The second kappa shape index (κ2) is 4.31. The molecule has 3 heteroatoms. The van der Waals surface area contributed by atoms with Crippen LogP contribution in [0, 0.1) is 22.7 Å². The van der Waals surface area contributed by atoms with Crippen LogP contribution >= 0.6 is 0 Å². The SMILES string of the molecule is CC1(C)[C@@H](CC#N)C[C@@H]1c1cnc2ccccc2n1. The molecule has 0 N–H and O–H groups in total. The molecule has 1 heterocycles. The van der Waals surface area contributed by atoms with Crippen molar-refractivity contribution in [2.24, 2.45) is 11.3 Å². The molecule has 2 aromatic rings. The summed E-state index contributed by atoms with van der Waals surface area (Å²) in [6.45, 7) is 4.47. The number of hydrogen-bond acceptors (Lipinski definition) is 3. The van der Waals surface area contributed by atoms with Crippen molar-refractivity contribution in [1.29, 1.82) is 5.26 Å². The number of fused-ring (bicyclic) bond motifs is 1. The van der Waals surface area contributed by atoms with Gasteiger partial charge in [-0.25, -0.2) is 4.98 Å². The summed E-state index contributed by atoms with van der Waals surface area (Å²) in [5.74, 6) is 0.902. The zero-order chi connectivity index (χ0) is 13.5. The summed E-state index contributed by atoms with van der Waals surface area (Å²) in [4.78, 5) is 9.24. The molecule has 1 fully saturated rings. The van der Waals surface area contributed by atoms with Gasteiger partial charge in [-0.05, 0) is 29.9 Å². The first-order valence-electron chi connectivity index (χ1n) is 6.71. The minimum atomic E-state index is 0.146. The highest BCUT2D eigenvalue weighted by atomic mass is 14.8. The Morgan fingerprint density at radius 1 is 1.32 bits per heavy atom. The lowest BCUT2D eigenvalue weighted by Crippen LogP contribution is -2.43. The fourth-order valence-corrected chi connectivity index (χ4v) is 3.11. The third-order valence-corrected chi connectivity index (χ3v) is 4.63. The summed E-state index contributed by atoms with van der Waals surface area (Å²) in [6, 6.07) is 10.2. The number of nitrogens with zero attached hydrogens (tertiary/aromatic N) is 3. The van der Waals surface area contributed by atoms with Gasteiger partial charge in [-0.2, -0.15) is 5.26 Å². The zero-order valence-corrected chi connectivity index (χ0v) is 11.3. The van der Waals surface area contributed by atoms with E-state index in [0.717, 1.165) is 23.1 Å². The van der Waals surface area contributed by atoms with Crippen molar-refractivity contribution in [3.63, 3.8) is 0 Å². The Hall–Kier alpha value is -1.95. The highest BCUT2D eigenvalue weighted by Gasteiger charge is 2.49. The zero-order valence-electron chi connectivity index (χ0n) is 11.3. The molecule has 1 aliphatic rings. The number of hydrogen-bond donors (Lipinski definition) is 0. The van der Waals surface area contributed by atoms with E-state index >= 15 is 0 Å². The normalized spacial score (nSPS) is 24.7. The van der Waals surface area contributed by atoms with Crippen molar-refractivity contribution in [3.05, 3.63) is 36.2 Å². The first kappa shape index (κ1) is 12.1. The van der Waals surface area contributed by atoms with E-state index in [1.54, 1.807) is 0 Å². The average Bonchev–Trinajstić information content (AvgIpc) is 2.42. The number of nitriles is 1. The first-order chi connectivity index (χ1) is 9.13. The standard InChI is InChI=1S/C16H17N3/c1-16(2)11(7-8-17)9-12(16)15-10-18-13-5-3-4-6-14(13)19-15/h3-6,10-12H,7,9H2,1-2H3/t11-,12+/m0/s1. The summed E-state index contributed by atoms with van der Waals surface area (Å²) in [7, 11) is 0. The lowest BCUT2D eigenvalue weighted by Gasteiger charge is -2.51. The van der Waals surface area contributed by atoms with Crippen LogP contribution in [-0.2, 0) is 0 Å². The number of rotatable bonds is 2. The number of para-hydroxylation sites is 2. The van der Waals surface area contributed by atoms with Crippen molar-refractivity contribution in [3.8, 4) is 6.07 Å². The van der Waals surface area contributed by atoms with Crippen LogP contribution in [0.4, 0.5) is 0 Å². The first-order valence-corrected chi connectivity index (χ1v) is 6.71. The molecule has 3 nitrogen and oxygen atoms in total. The molecule has 0 amide bonds. The van der Waals surface area contributed by atoms with Crippen molar-refractivity contribution in [1.82, 2.24) is 9.97 Å². The fraction of sp³-hybridized carbons (Fsp3) is 0.438. The van der Waals surface area contributed by atoms with E-state index in [1.807, 2.05) is 30.5 Å². The molecule has 0 spiro atoms. The minimum absolute atomic E-state index is 0.146. The van der Waals surface area contributed by atoms with Crippen LogP contribution in [0.15, 0.2) is 30.5 Å². The van der Waals surface area contributed by atoms with Gasteiger partial charge in [-0.3, -0.25) is 4.98 Å². The highest BCUT2D eigenvalue weighted by Crippen LogP contribution is 2.57. The quantitative estimate of drug-likeness (QED) is 0.818. The summed E-state index contributed by atoms with van der Waals surface area (Å²) in [5, 5.41) is 8.85. The molecule has 1 saturated carbocycles. The van der Waals surface area contributed by atoms with Gasteiger partial charge in [0.25, 0.3) is 0 Å². The van der Waals surface area contributed by atoms with E-state index in [0.29, 0.717) is 18.3 Å². The molecule has 0 unspecified atom stereocenters. The molecule has 0 radical (unpaired) electrons. The van der Waals surface area contributed by atoms with Crippen LogP contribution in [-0.4, -0.2) is 9.97 Å². The molecule has 1 aliphatic carbocycles. The molecular weight excluding hydrogens is 234 g/mol. The summed E-state index contributed by atoms with van der Waals surface area (Å²) < 4.78 is 0. The van der Waals surface area contributed by atoms with Crippen molar-refractivity contribution in [2.45, 2.75) is 32.6 Å². The Kier molecular flexibility index (Phi) is 2.74. The summed E-state index contributed by atoms with van der Waals surface area (Å²) >= 11 is 0. The topological polar surface area (TPSA) is 49.6 Å². The smallest absolute Gasteiger partial charge is 0.0890 e. The summed E-state index contributed by atoms with van der Waals surface area (Å²) in [5.41, 5.74) is 3.11. The molecule has 1 aromatic carbocycles. The van der Waals surface area contributed by atoms with Gasteiger partial charge < -0.3 is 0 Å². The third-order valence-electron chi connectivity index (χ3n) is 4.63. The molecule has 2 atom stereocenters. The maximum Gasteiger partial charge on any atom is 0.0890 e. The van der Waals surface area contributed by atoms with Gasteiger partial charge in [0.1, 0.15) is 0 Å². The van der Waals surface area contributed by atoms with Gasteiger partial charge in [0.15, 0.2) is 0 Å². The van der Waals surface area contributed by atoms with E-state index in [-0.39, 0.29) is 5.41 Å². The third kappa shape index (κ3) is 1.88. The van der Waals surface area contributed by atoms with Gasteiger partial charge in [-0.1, -0.05) is 26.0 Å². The van der Waals surface area contributed by atoms with Crippen molar-refractivity contribution in [2.75, 3.05) is 0 Å². The van der Waals surface area contributed by atoms with Crippen LogP contribution in [0.1, 0.15) is 38.3 Å². The van der Waals surface area contributed by atoms with E-state index in [4.69, 9.17) is 10.2 Å². The van der Waals surface area contributed by atoms with E-state index in [9.17, 15) is 0 Å². The second-order valence-corrected chi connectivity index (χ2v) is 5.95. The fourth-order valence-electron chi connectivity index (χ4n) is 3.11. The van der Waals surface area contributed by atoms with Crippen LogP contribution in [0.25, 0.3) is 11.0 Å². The molecule has 3 rings (SSSR count). The van der Waals surface area contributed by atoms with E-state index < -0.39 is 0 Å². The number of aromatic nitrogens is 2. The monoisotopic (exact) mass is 251 g/mol. The molecule has 19 heavy (non-hydrogen) atoms. The highest BCUT2D eigenvalue weighted by molar-refractivity contribution is 5.73. The van der Waals surface area contributed by atoms with Crippen molar-refractivity contribution >= 4 is 11.0 Å². The molecular formula is C16H17N3. The lowest BCUT2D eigenvalue weighted by molar-refractivity contribution is 0.0344. The molecule has 96 valence electrons. The molecule has 0 bridgehead atoms. The molecule has 0 aliphatic heterocycles. The van der Waals surface area contributed by atoms with Crippen LogP contribution in [0.2, 0.25) is 0 Å². The Morgan fingerprint density at radius 2 is 2.05 bits per heavy atom.